The summed E-state index contributed by atoms with van der Waals surface area (Å²) in [6.07, 6.45) is 8.81. The minimum absolute atomic E-state index is 0.195. The van der Waals surface area contributed by atoms with Gasteiger partial charge in [-0.15, -0.1) is 0 Å². The number of sulfonamides is 1. The van der Waals surface area contributed by atoms with E-state index < -0.39 is 10.0 Å². The molecule has 0 aromatic carbocycles. The van der Waals surface area contributed by atoms with Crippen molar-refractivity contribution in [3.8, 4) is 0 Å². The van der Waals surface area contributed by atoms with Gasteiger partial charge in [-0.05, 0) is 43.9 Å². The summed E-state index contributed by atoms with van der Waals surface area (Å²) in [5.41, 5.74) is 0.488. The van der Waals surface area contributed by atoms with Crippen LogP contribution in [0.15, 0.2) is 0 Å². The largest absolute Gasteiger partial charge is 0.381 e. The monoisotopic (exact) mass is 287 g/mol. The fourth-order valence-electron chi connectivity index (χ4n) is 4.02. The van der Waals surface area contributed by atoms with Crippen molar-refractivity contribution in [1.29, 1.82) is 0 Å². The molecule has 2 heterocycles. The standard InChI is InChI=1S/C14H25NO3S/c16-19(17,13-3-11-18-12-4-13)15-9-7-14(8-10-15)5-1-2-6-14/h13H,1-12H2. The molecule has 5 heteroatoms. The molecule has 2 aliphatic heterocycles. The highest BCUT2D eigenvalue weighted by Crippen LogP contribution is 2.46. The average Bonchev–Trinajstić information content (AvgIpc) is 2.89. The first kappa shape index (κ1) is 13.8. The first-order valence-corrected chi connectivity index (χ1v) is 9.20. The van der Waals surface area contributed by atoms with E-state index in [0.717, 1.165) is 25.9 Å². The number of piperidine rings is 1. The smallest absolute Gasteiger partial charge is 0.217 e. The molecule has 1 saturated carbocycles. The maximum absolute atomic E-state index is 12.6. The number of ether oxygens (including phenoxy) is 1. The molecule has 0 aromatic rings. The topological polar surface area (TPSA) is 46.6 Å². The van der Waals surface area contributed by atoms with E-state index in [2.05, 4.69) is 0 Å². The van der Waals surface area contributed by atoms with Gasteiger partial charge in [-0.1, -0.05) is 12.8 Å². The van der Waals surface area contributed by atoms with Crippen molar-refractivity contribution in [3.63, 3.8) is 0 Å². The van der Waals surface area contributed by atoms with Crippen molar-refractivity contribution in [2.24, 2.45) is 5.41 Å². The molecule has 3 fully saturated rings. The second kappa shape index (κ2) is 5.34. The zero-order chi connectivity index (χ0) is 13.3. The van der Waals surface area contributed by atoms with Gasteiger partial charge in [0, 0.05) is 26.3 Å². The third-order valence-corrected chi connectivity index (χ3v) is 7.80. The van der Waals surface area contributed by atoms with Gasteiger partial charge < -0.3 is 4.74 Å². The third-order valence-electron chi connectivity index (χ3n) is 5.40. The maximum atomic E-state index is 12.6. The summed E-state index contributed by atoms with van der Waals surface area (Å²) in [5.74, 6) is 0. The molecule has 0 aromatic heterocycles. The van der Waals surface area contributed by atoms with Gasteiger partial charge in [0.1, 0.15) is 0 Å². The van der Waals surface area contributed by atoms with E-state index in [1.165, 1.54) is 25.7 Å². The highest BCUT2D eigenvalue weighted by molar-refractivity contribution is 7.89. The van der Waals surface area contributed by atoms with Gasteiger partial charge in [-0.25, -0.2) is 12.7 Å². The minimum atomic E-state index is -3.08. The van der Waals surface area contributed by atoms with Gasteiger partial charge >= 0.3 is 0 Å². The van der Waals surface area contributed by atoms with Gasteiger partial charge in [0.05, 0.1) is 5.25 Å². The molecule has 0 bridgehead atoms. The average molecular weight is 287 g/mol. The molecular formula is C14H25NO3S. The summed E-state index contributed by atoms with van der Waals surface area (Å²) in [5, 5.41) is -0.195. The lowest BCUT2D eigenvalue weighted by atomic mass is 9.78. The first-order valence-electron chi connectivity index (χ1n) is 7.69. The van der Waals surface area contributed by atoms with E-state index in [9.17, 15) is 8.42 Å². The second-order valence-electron chi connectivity index (χ2n) is 6.46. The zero-order valence-electron chi connectivity index (χ0n) is 11.6. The van der Waals surface area contributed by atoms with Gasteiger partial charge in [0.25, 0.3) is 0 Å². The van der Waals surface area contributed by atoms with E-state index >= 15 is 0 Å². The molecule has 1 spiro atoms. The quantitative estimate of drug-likeness (QED) is 0.782. The Bertz CT molecular complexity index is 398. The molecule has 0 N–H and O–H groups in total. The fraction of sp³-hybridized carbons (Fsp3) is 1.00. The van der Waals surface area contributed by atoms with Crippen LogP contribution in [-0.4, -0.2) is 44.3 Å². The Labute approximate surface area is 116 Å². The van der Waals surface area contributed by atoms with Crippen LogP contribution in [0.25, 0.3) is 0 Å². The SMILES string of the molecule is O=S(=O)(C1CCOCC1)N1CCC2(CCCC2)CC1. The van der Waals surface area contributed by atoms with Crippen LogP contribution in [0.1, 0.15) is 51.4 Å². The van der Waals surface area contributed by atoms with Crippen molar-refractivity contribution < 1.29 is 13.2 Å². The highest BCUT2D eigenvalue weighted by atomic mass is 32.2. The Morgan fingerprint density at radius 2 is 1.53 bits per heavy atom. The Morgan fingerprint density at radius 1 is 0.947 bits per heavy atom. The van der Waals surface area contributed by atoms with E-state index in [0.29, 0.717) is 31.5 Å². The summed E-state index contributed by atoms with van der Waals surface area (Å²) in [4.78, 5) is 0. The van der Waals surface area contributed by atoms with Crippen LogP contribution < -0.4 is 0 Å². The lowest BCUT2D eigenvalue weighted by molar-refractivity contribution is 0.0956. The van der Waals surface area contributed by atoms with Crippen molar-refractivity contribution in [3.05, 3.63) is 0 Å². The summed E-state index contributed by atoms with van der Waals surface area (Å²) < 4.78 is 32.3. The van der Waals surface area contributed by atoms with E-state index in [4.69, 9.17) is 4.74 Å². The molecule has 4 nitrogen and oxygen atoms in total. The molecule has 3 aliphatic rings. The van der Waals surface area contributed by atoms with Gasteiger partial charge in [0.15, 0.2) is 0 Å². The maximum Gasteiger partial charge on any atom is 0.217 e. The van der Waals surface area contributed by atoms with Crippen LogP contribution in [0, 0.1) is 5.41 Å². The zero-order valence-corrected chi connectivity index (χ0v) is 12.5. The molecule has 0 radical (unpaired) electrons. The number of nitrogens with zero attached hydrogens (tertiary/aromatic N) is 1. The van der Waals surface area contributed by atoms with Crippen LogP contribution in [0.5, 0.6) is 0 Å². The van der Waals surface area contributed by atoms with Crippen LogP contribution in [0.2, 0.25) is 0 Å². The van der Waals surface area contributed by atoms with Gasteiger partial charge in [-0.3, -0.25) is 0 Å². The van der Waals surface area contributed by atoms with Crippen LogP contribution in [-0.2, 0) is 14.8 Å². The molecule has 110 valence electrons. The molecule has 2 saturated heterocycles. The highest BCUT2D eigenvalue weighted by Gasteiger charge is 2.41. The predicted octanol–water partition coefficient (Wildman–Crippen LogP) is 2.15. The number of hydrogen-bond acceptors (Lipinski definition) is 3. The second-order valence-corrected chi connectivity index (χ2v) is 8.68. The fourth-order valence-corrected chi connectivity index (χ4v) is 5.93. The van der Waals surface area contributed by atoms with E-state index in [1.807, 2.05) is 0 Å². The van der Waals surface area contributed by atoms with Crippen molar-refractivity contribution >= 4 is 10.0 Å². The molecule has 0 unspecified atom stereocenters. The summed E-state index contributed by atoms with van der Waals surface area (Å²) in [6, 6.07) is 0. The molecule has 3 rings (SSSR count). The summed E-state index contributed by atoms with van der Waals surface area (Å²) >= 11 is 0. The predicted molar refractivity (Wildman–Crippen MR) is 74.5 cm³/mol. The molecule has 1 aliphatic carbocycles. The van der Waals surface area contributed by atoms with E-state index in [-0.39, 0.29) is 5.25 Å². The van der Waals surface area contributed by atoms with Crippen LogP contribution in [0.3, 0.4) is 0 Å². The Morgan fingerprint density at radius 3 is 2.11 bits per heavy atom. The first-order chi connectivity index (χ1) is 9.12. The lowest BCUT2D eigenvalue weighted by Gasteiger charge is -2.40. The number of hydrogen-bond donors (Lipinski definition) is 0. The third kappa shape index (κ3) is 2.69. The number of rotatable bonds is 2. The van der Waals surface area contributed by atoms with E-state index in [1.54, 1.807) is 4.31 Å². The molecular weight excluding hydrogens is 262 g/mol. The molecule has 0 amide bonds. The Balaban J connectivity index is 1.63. The van der Waals surface area contributed by atoms with Crippen LogP contribution >= 0.6 is 0 Å². The van der Waals surface area contributed by atoms with Crippen molar-refractivity contribution in [2.45, 2.75) is 56.6 Å². The van der Waals surface area contributed by atoms with Gasteiger partial charge in [-0.2, -0.15) is 0 Å². The summed E-state index contributed by atoms with van der Waals surface area (Å²) in [6.45, 7) is 2.70. The van der Waals surface area contributed by atoms with Crippen molar-refractivity contribution in [2.75, 3.05) is 26.3 Å². The van der Waals surface area contributed by atoms with Crippen LogP contribution in [0.4, 0.5) is 0 Å². The molecule has 0 atom stereocenters. The van der Waals surface area contributed by atoms with Gasteiger partial charge in [0.2, 0.25) is 10.0 Å². The Hall–Kier alpha value is -0.130. The van der Waals surface area contributed by atoms with Crippen molar-refractivity contribution in [1.82, 2.24) is 4.31 Å². The summed E-state index contributed by atoms with van der Waals surface area (Å²) in [7, 11) is -3.08. The Kier molecular flexibility index (Phi) is 3.89. The minimum Gasteiger partial charge on any atom is -0.381 e. The molecule has 19 heavy (non-hydrogen) atoms. The normalized spacial score (nSPS) is 29.9. The lowest BCUT2D eigenvalue weighted by Crippen LogP contribution is -2.47.